The molecular formula is C19H23N. The number of hydrogen-bond acceptors (Lipinski definition) is 1. The highest BCUT2D eigenvalue weighted by atomic mass is 14.5. The molecule has 0 aliphatic heterocycles. The third kappa shape index (κ3) is 5.02. The van der Waals surface area contributed by atoms with E-state index >= 15 is 0 Å². The number of rotatable bonds is 7. The Kier molecular flexibility index (Phi) is 6.07. The van der Waals surface area contributed by atoms with E-state index in [2.05, 4.69) is 66.7 Å². The Morgan fingerprint density at radius 2 is 1.20 bits per heavy atom. The summed E-state index contributed by atoms with van der Waals surface area (Å²) < 4.78 is 0. The van der Waals surface area contributed by atoms with E-state index in [1.807, 2.05) is 0 Å². The molecule has 0 unspecified atom stereocenters. The summed E-state index contributed by atoms with van der Waals surface area (Å²) in [4.78, 5) is 0. The average Bonchev–Trinajstić information content (AvgIpc) is 2.52. The molecule has 2 N–H and O–H groups in total. The molecule has 0 bridgehead atoms. The fraction of sp³-hybridized carbons (Fsp3) is 0.263. The summed E-state index contributed by atoms with van der Waals surface area (Å²) in [6.45, 7) is 0.638. The zero-order valence-electron chi connectivity index (χ0n) is 12.0. The first-order valence-corrected chi connectivity index (χ1v) is 7.34. The van der Waals surface area contributed by atoms with Crippen LogP contribution in [-0.2, 0) is 12.8 Å². The van der Waals surface area contributed by atoms with Crippen LogP contribution in [0.3, 0.4) is 0 Å². The Balaban J connectivity index is 1.86. The van der Waals surface area contributed by atoms with E-state index in [1.54, 1.807) is 0 Å². The van der Waals surface area contributed by atoms with Gasteiger partial charge in [-0.1, -0.05) is 72.3 Å². The Morgan fingerprint density at radius 1 is 0.750 bits per heavy atom. The van der Waals surface area contributed by atoms with E-state index in [0.29, 0.717) is 6.54 Å². The topological polar surface area (TPSA) is 26.0 Å². The molecule has 0 amide bonds. The second kappa shape index (κ2) is 8.34. The quantitative estimate of drug-likeness (QED) is 0.748. The second-order valence-corrected chi connectivity index (χ2v) is 5.07. The molecule has 0 aliphatic carbocycles. The zero-order chi connectivity index (χ0) is 14.0. The Labute approximate surface area is 122 Å². The molecule has 0 spiro atoms. The van der Waals surface area contributed by atoms with Crippen molar-refractivity contribution in [2.24, 2.45) is 5.73 Å². The minimum atomic E-state index is 0.638. The highest BCUT2D eigenvalue weighted by Gasteiger charge is 2.00. The molecule has 2 aromatic carbocycles. The summed E-state index contributed by atoms with van der Waals surface area (Å²) in [5, 5.41) is 0. The van der Waals surface area contributed by atoms with Gasteiger partial charge in [-0.3, -0.25) is 0 Å². The van der Waals surface area contributed by atoms with Gasteiger partial charge in [0.25, 0.3) is 0 Å². The van der Waals surface area contributed by atoms with Crippen molar-refractivity contribution in [2.75, 3.05) is 6.54 Å². The molecule has 2 rings (SSSR count). The average molecular weight is 265 g/mol. The summed E-state index contributed by atoms with van der Waals surface area (Å²) in [6, 6.07) is 21.3. The van der Waals surface area contributed by atoms with Gasteiger partial charge in [0, 0.05) is 6.54 Å². The smallest absolute Gasteiger partial charge is 0.0109 e. The molecule has 1 heteroatoms. The van der Waals surface area contributed by atoms with Gasteiger partial charge in [0.2, 0.25) is 0 Å². The van der Waals surface area contributed by atoms with Gasteiger partial charge in [0.15, 0.2) is 0 Å². The van der Waals surface area contributed by atoms with E-state index < -0.39 is 0 Å². The molecule has 0 fully saturated rings. The van der Waals surface area contributed by atoms with Gasteiger partial charge >= 0.3 is 0 Å². The van der Waals surface area contributed by atoms with Crippen molar-refractivity contribution in [1.29, 1.82) is 0 Å². The van der Waals surface area contributed by atoms with Crippen LogP contribution in [0.15, 0.2) is 72.3 Å². The van der Waals surface area contributed by atoms with Crippen molar-refractivity contribution in [3.05, 3.63) is 83.4 Å². The van der Waals surface area contributed by atoms with Crippen LogP contribution < -0.4 is 5.73 Å². The summed E-state index contributed by atoms with van der Waals surface area (Å²) in [5.74, 6) is 0. The van der Waals surface area contributed by atoms with Crippen LogP contribution in [0.5, 0.6) is 0 Å². The van der Waals surface area contributed by atoms with Gasteiger partial charge in [0.1, 0.15) is 0 Å². The van der Waals surface area contributed by atoms with Crippen LogP contribution in [-0.4, -0.2) is 6.54 Å². The number of allylic oxidation sites excluding steroid dienone is 1. The molecule has 0 saturated carbocycles. The maximum atomic E-state index is 5.69. The fourth-order valence-corrected chi connectivity index (χ4v) is 2.39. The Bertz CT molecular complexity index is 468. The molecule has 0 aromatic heterocycles. The highest BCUT2D eigenvalue weighted by molar-refractivity contribution is 5.19. The van der Waals surface area contributed by atoms with E-state index in [-0.39, 0.29) is 0 Å². The van der Waals surface area contributed by atoms with E-state index in [1.165, 1.54) is 16.7 Å². The summed E-state index contributed by atoms with van der Waals surface area (Å²) >= 11 is 0. The maximum absolute atomic E-state index is 5.69. The van der Waals surface area contributed by atoms with Gasteiger partial charge < -0.3 is 5.73 Å². The number of hydrogen-bond donors (Lipinski definition) is 1. The molecule has 0 atom stereocenters. The standard InChI is InChI=1S/C19H23N/c20-16-15-19(13-11-17-7-3-1-4-8-17)14-12-18-9-5-2-6-10-18/h1-10,15H,11-14,16,20H2. The monoisotopic (exact) mass is 265 g/mol. The Hall–Kier alpha value is -1.86. The van der Waals surface area contributed by atoms with Gasteiger partial charge in [-0.15, -0.1) is 0 Å². The lowest BCUT2D eigenvalue weighted by atomic mass is 9.98. The first kappa shape index (κ1) is 14.5. The van der Waals surface area contributed by atoms with E-state index in [9.17, 15) is 0 Å². The van der Waals surface area contributed by atoms with Gasteiger partial charge in [-0.2, -0.15) is 0 Å². The van der Waals surface area contributed by atoms with Gasteiger partial charge in [-0.25, -0.2) is 0 Å². The molecule has 1 nitrogen and oxygen atoms in total. The first-order chi connectivity index (χ1) is 9.88. The molecule has 2 aromatic rings. The van der Waals surface area contributed by atoms with Crippen LogP contribution in [0.25, 0.3) is 0 Å². The van der Waals surface area contributed by atoms with E-state index in [0.717, 1.165) is 25.7 Å². The molecule has 20 heavy (non-hydrogen) atoms. The van der Waals surface area contributed by atoms with Crippen LogP contribution in [0.4, 0.5) is 0 Å². The van der Waals surface area contributed by atoms with Crippen molar-refractivity contribution in [2.45, 2.75) is 25.7 Å². The number of nitrogens with two attached hydrogens (primary N) is 1. The van der Waals surface area contributed by atoms with Crippen LogP contribution >= 0.6 is 0 Å². The van der Waals surface area contributed by atoms with Crippen molar-refractivity contribution >= 4 is 0 Å². The minimum Gasteiger partial charge on any atom is -0.327 e. The predicted molar refractivity (Wildman–Crippen MR) is 86.7 cm³/mol. The molecule has 0 radical (unpaired) electrons. The fourth-order valence-electron chi connectivity index (χ4n) is 2.39. The first-order valence-electron chi connectivity index (χ1n) is 7.34. The Morgan fingerprint density at radius 3 is 1.60 bits per heavy atom. The second-order valence-electron chi connectivity index (χ2n) is 5.07. The summed E-state index contributed by atoms with van der Waals surface area (Å²) in [7, 11) is 0. The van der Waals surface area contributed by atoms with Crippen molar-refractivity contribution in [1.82, 2.24) is 0 Å². The maximum Gasteiger partial charge on any atom is 0.0109 e. The van der Waals surface area contributed by atoms with Gasteiger partial charge in [0.05, 0.1) is 0 Å². The molecule has 104 valence electrons. The SMILES string of the molecule is NCC=C(CCc1ccccc1)CCc1ccccc1. The number of aryl methyl sites for hydroxylation is 2. The normalized spacial score (nSPS) is 10.2. The van der Waals surface area contributed by atoms with Crippen molar-refractivity contribution < 1.29 is 0 Å². The van der Waals surface area contributed by atoms with Crippen LogP contribution in [0.1, 0.15) is 24.0 Å². The van der Waals surface area contributed by atoms with Crippen molar-refractivity contribution in [3.63, 3.8) is 0 Å². The summed E-state index contributed by atoms with van der Waals surface area (Å²) in [5.41, 5.74) is 9.96. The molecule has 0 heterocycles. The van der Waals surface area contributed by atoms with Crippen LogP contribution in [0, 0.1) is 0 Å². The van der Waals surface area contributed by atoms with Crippen LogP contribution in [0.2, 0.25) is 0 Å². The van der Waals surface area contributed by atoms with E-state index in [4.69, 9.17) is 5.73 Å². The largest absolute Gasteiger partial charge is 0.327 e. The highest BCUT2D eigenvalue weighted by Crippen LogP contribution is 2.15. The molecule has 0 saturated heterocycles. The third-order valence-electron chi connectivity index (χ3n) is 3.56. The molecular weight excluding hydrogens is 242 g/mol. The van der Waals surface area contributed by atoms with Gasteiger partial charge in [-0.05, 0) is 36.8 Å². The lowest BCUT2D eigenvalue weighted by Crippen LogP contribution is -1.99. The number of benzene rings is 2. The third-order valence-corrected chi connectivity index (χ3v) is 3.56. The van der Waals surface area contributed by atoms with Crippen molar-refractivity contribution in [3.8, 4) is 0 Å². The summed E-state index contributed by atoms with van der Waals surface area (Å²) in [6.07, 6.45) is 6.59. The molecule has 0 aliphatic rings. The lowest BCUT2D eigenvalue weighted by Gasteiger charge is -2.08. The predicted octanol–water partition coefficient (Wildman–Crippen LogP) is 4.14. The minimum absolute atomic E-state index is 0.638. The lowest BCUT2D eigenvalue weighted by molar-refractivity contribution is 0.828. The zero-order valence-corrected chi connectivity index (χ0v) is 12.0.